The highest BCUT2D eigenvalue weighted by Crippen LogP contribution is 2.24. The molecule has 0 heterocycles. The number of carbonyl (C=O) groups excluding carboxylic acids is 5. The molecule has 11 nitrogen and oxygen atoms in total. The number of primary amides is 1. The quantitative estimate of drug-likeness (QED) is 0.199. The molecule has 0 aliphatic heterocycles. The van der Waals surface area contributed by atoms with Crippen molar-refractivity contribution in [3.63, 3.8) is 0 Å². The van der Waals surface area contributed by atoms with Gasteiger partial charge in [-0.15, -0.1) is 13.0 Å². The number of amides is 4. The summed E-state index contributed by atoms with van der Waals surface area (Å²) in [6.07, 6.45) is 5.27. The smallest absolute Gasteiger partial charge is 0.408 e. The lowest BCUT2D eigenvalue weighted by molar-refractivity contribution is -0.144. The van der Waals surface area contributed by atoms with Crippen LogP contribution in [0.25, 0.3) is 0 Å². The largest absolute Gasteiger partial charge is 0.466 e. The van der Waals surface area contributed by atoms with Gasteiger partial charge in [-0.3, -0.25) is 19.2 Å². The van der Waals surface area contributed by atoms with Gasteiger partial charge in [0.15, 0.2) is 0 Å². The maximum Gasteiger partial charge on any atom is 0.408 e. The molecular formula is C27H36N4O7. The third kappa shape index (κ3) is 10.7. The minimum Gasteiger partial charge on any atom is -0.466 e. The average molecular weight is 529 g/mol. The predicted molar refractivity (Wildman–Crippen MR) is 140 cm³/mol. The third-order valence-electron chi connectivity index (χ3n) is 4.89. The zero-order chi connectivity index (χ0) is 28.9. The van der Waals surface area contributed by atoms with Gasteiger partial charge in [0.1, 0.15) is 17.7 Å². The standard InChI is InChI=1S/C27H36N4O7/c1-7-16-31(25(35)20(17-21(28)32)30-26(36)38-27(4,5)6)23(19-12-10-18(8-2)11-13-19)24(34)29-15-14-22(33)37-9-3/h2,7,10-13,20,23H,1,9,14-17H2,3-6H3,(H2,28,32)(H,29,34)(H,30,36). The fourth-order valence-corrected chi connectivity index (χ4v) is 3.37. The molecule has 0 aromatic heterocycles. The van der Waals surface area contributed by atoms with Crippen molar-refractivity contribution in [2.75, 3.05) is 19.7 Å². The van der Waals surface area contributed by atoms with Crippen LogP contribution in [0.1, 0.15) is 57.7 Å². The number of nitrogens with two attached hydrogens (primary N) is 1. The summed E-state index contributed by atoms with van der Waals surface area (Å²) >= 11 is 0. The Morgan fingerprint density at radius 2 is 1.82 bits per heavy atom. The van der Waals surface area contributed by atoms with Crippen LogP contribution in [0, 0.1) is 12.3 Å². The summed E-state index contributed by atoms with van der Waals surface area (Å²) in [5.41, 5.74) is 5.41. The van der Waals surface area contributed by atoms with Crippen molar-refractivity contribution in [2.45, 2.75) is 58.2 Å². The van der Waals surface area contributed by atoms with E-state index in [1.54, 1.807) is 52.0 Å². The van der Waals surface area contributed by atoms with E-state index in [-0.39, 0.29) is 26.1 Å². The minimum absolute atomic E-state index is 0.0480. The Labute approximate surface area is 223 Å². The first-order chi connectivity index (χ1) is 17.8. The van der Waals surface area contributed by atoms with Crippen LogP contribution < -0.4 is 16.4 Å². The molecule has 0 spiro atoms. The molecule has 4 amide bonds. The van der Waals surface area contributed by atoms with Crippen molar-refractivity contribution in [1.29, 1.82) is 0 Å². The first kappa shape index (κ1) is 31.7. The van der Waals surface area contributed by atoms with E-state index in [2.05, 4.69) is 23.1 Å². The molecule has 2 unspecified atom stereocenters. The van der Waals surface area contributed by atoms with Gasteiger partial charge >= 0.3 is 12.1 Å². The van der Waals surface area contributed by atoms with Gasteiger partial charge in [-0.25, -0.2) is 4.79 Å². The van der Waals surface area contributed by atoms with Gasteiger partial charge < -0.3 is 30.7 Å². The fraction of sp³-hybridized carbons (Fsp3) is 0.444. The number of rotatable bonds is 13. The Morgan fingerprint density at radius 1 is 1.18 bits per heavy atom. The van der Waals surface area contributed by atoms with Crippen LogP contribution in [0.5, 0.6) is 0 Å². The molecule has 0 fully saturated rings. The molecule has 206 valence electrons. The molecule has 1 rings (SSSR count). The molecule has 0 radical (unpaired) electrons. The highest BCUT2D eigenvalue weighted by molar-refractivity contribution is 5.94. The van der Waals surface area contributed by atoms with Gasteiger partial charge in [-0.1, -0.05) is 24.1 Å². The zero-order valence-corrected chi connectivity index (χ0v) is 22.2. The minimum atomic E-state index is -1.43. The van der Waals surface area contributed by atoms with Gasteiger partial charge in [0.25, 0.3) is 0 Å². The molecule has 38 heavy (non-hydrogen) atoms. The lowest BCUT2D eigenvalue weighted by Crippen LogP contribution is -2.54. The third-order valence-corrected chi connectivity index (χ3v) is 4.89. The van der Waals surface area contributed by atoms with Crippen molar-refractivity contribution < 1.29 is 33.4 Å². The number of carbonyl (C=O) groups is 5. The maximum atomic E-state index is 13.7. The summed E-state index contributed by atoms with van der Waals surface area (Å²) in [4.78, 5) is 64.1. The molecule has 4 N–H and O–H groups in total. The summed E-state index contributed by atoms with van der Waals surface area (Å²) in [6, 6.07) is 3.71. The van der Waals surface area contributed by atoms with Crippen LogP contribution in [0.3, 0.4) is 0 Å². The molecule has 1 aromatic carbocycles. The van der Waals surface area contributed by atoms with Crippen molar-refractivity contribution in [1.82, 2.24) is 15.5 Å². The lowest BCUT2D eigenvalue weighted by atomic mass is 10.0. The molecule has 2 atom stereocenters. The molecule has 0 aliphatic carbocycles. The SMILES string of the molecule is C#Cc1ccc(C(C(=O)NCCC(=O)OCC)N(CC=C)C(=O)C(CC(N)=O)NC(=O)OC(C)(C)C)cc1. The van der Waals surface area contributed by atoms with E-state index in [0.717, 1.165) is 4.90 Å². The highest BCUT2D eigenvalue weighted by atomic mass is 16.6. The van der Waals surface area contributed by atoms with E-state index >= 15 is 0 Å². The van der Waals surface area contributed by atoms with Crippen LogP contribution in [-0.4, -0.2) is 66.0 Å². The topological polar surface area (TPSA) is 157 Å². The molecule has 0 aliphatic rings. The van der Waals surface area contributed by atoms with Crippen LogP contribution in [0.15, 0.2) is 36.9 Å². The zero-order valence-electron chi connectivity index (χ0n) is 22.2. The number of benzene rings is 1. The number of hydrogen-bond donors (Lipinski definition) is 3. The Balaban J connectivity index is 3.39. The number of esters is 1. The van der Waals surface area contributed by atoms with E-state index in [9.17, 15) is 24.0 Å². The first-order valence-electron chi connectivity index (χ1n) is 12.0. The molecule has 1 aromatic rings. The molecule has 0 saturated carbocycles. The second kappa shape index (κ2) is 15.0. The van der Waals surface area contributed by atoms with E-state index in [4.69, 9.17) is 21.6 Å². The number of alkyl carbamates (subject to hydrolysis) is 1. The number of ether oxygens (including phenoxy) is 2. The number of hydrogen-bond acceptors (Lipinski definition) is 7. The van der Waals surface area contributed by atoms with Gasteiger partial charge in [-0.2, -0.15) is 0 Å². The van der Waals surface area contributed by atoms with E-state index in [1.807, 2.05) is 0 Å². The summed E-state index contributed by atoms with van der Waals surface area (Å²) in [6.45, 7) is 10.3. The molecule has 0 bridgehead atoms. The van der Waals surface area contributed by atoms with Crippen molar-refractivity contribution in [3.05, 3.63) is 48.0 Å². The average Bonchev–Trinajstić information content (AvgIpc) is 2.82. The van der Waals surface area contributed by atoms with E-state index in [1.165, 1.54) is 6.08 Å². The summed E-state index contributed by atoms with van der Waals surface area (Å²) in [5.74, 6) is -0.268. The number of nitrogens with one attached hydrogen (secondary N) is 2. The van der Waals surface area contributed by atoms with Crippen LogP contribution in [-0.2, 0) is 28.7 Å². The summed E-state index contributed by atoms with van der Waals surface area (Å²) in [7, 11) is 0. The monoisotopic (exact) mass is 528 g/mol. The van der Waals surface area contributed by atoms with Gasteiger partial charge in [0.05, 0.1) is 19.4 Å². The summed E-state index contributed by atoms with van der Waals surface area (Å²) in [5, 5.41) is 5.00. The van der Waals surface area contributed by atoms with E-state index < -0.39 is 53.9 Å². The fourth-order valence-electron chi connectivity index (χ4n) is 3.37. The second-order valence-electron chi connectivity index (χ2n) is 9.16. The maximum absolute atomic E-state index is 13.7. The van der Waals surface area contributed by atoms with Crippen molar-refractivity contribution in [2.24, 2.45) is 5.73 Å². The van der Waals surface area contributed by atoms with Crippen molar-refractivity contribution in [3.8, 4) is 12.3 Å². The lowest BCUT2D eigenvalue weighted by Gasteiger charge is -2.33. The normalized spacial score (nSPS) is 12.2. The van der Waals surface area contributed by atoms with Crippen LogP contribution >= 0.6 is 0 Å². The number of nitrogens with zero attached hydrogens (tertiary/aromatic N) is 1. The number of terminal acetylenes is 1. The van der Waals surface area contributed by atoms with Crippen LogP contribution in [0.4, 0.5) is 4.79 Å². The Hall–Kier alpha value is -4.33. The highest BCUT2D eigenvalue weighted by Gasteiger charge is 2.36. The van der Waals surface area contributed by atoms with Gasteiger partial charge in [0, 0.05) is 18.7 Å². The van der Waals surface area contributed by atoms with Gasteiger partial charge in [-0.05, 0) is 45.4 Å². The molecule has 11 heteroatoms. The van der Waals surface area contributed by atoms with Gasteiger partial charge in [0.2, 0.25) is 17.7 Å². The van der Waals surface area contributed by atoms with Crippen LogP contribution in [0.2, 0.25) is 0 Å². The Kier molecular flexibility index (Phi) is 12.5. The molecule has 0 saturated heterocycles. The van der Waals surface area contributed by atoms with E-state index in [0.29, 0.717) is 11.1 Å². The first-order valence-corrected chi connectivity index (χ1v) is 12.0. The molecular weight excluding hydrogens is 492 g/mol. The predicted octanol–water partition coefficient (Wildman–Crippen LogP) is 1.56. The summed E-state index contributed by atoms with van der Waals surface area (Å²) < 4.78 is 10.1. The Morgan fingerprint density at radius 3 is 2.32 bits per heavy atom. The van der Waals surface area contributed by atoms with Crippen molar-refractivity contribution >= 4 is 29.8 Å². The second-order valence-corrected chi connectivity index (χ2v) is 9.16. The Bertz CT molecular complexity index is 1050.